The summed E-state index contributed by atoms with van der Waals surface area (Å²) in [7, 11) is 0. The molecule has 0 unspecified atom stereocenters. The van der Waals surface area contributed by atoms with E-state index in [0.717, 1.165) is 17.4 Å². The molecule has 0 bridgehead atoms. The molecule has 0 spiro atoms. The van der Waals surface area contributed by atoms with E-state index in [0.29, 0.717) is 8.81 Å². The minimum Gasteiger partial charge on any atom is -0.287 e. The normalized spacial score (nSPS) is 10.7. The van der Waals surface area contributed by atoms with E-state index in [-0.39, 0.29) is 10.4 Å². The van der Waals surface area contributed by atoms with Gasteiger partial charge in [-0.2, -0.15) is 0 Å². The van der Waals surface area contributed by atoms with Gasteiger partial charge in [-0.05, 0) is 40.5 Å². The molecule has 0 aliphatic heterocycles. The lowest BCUT2D eigenvalue weighted by Crippen LogP contribution is -2.07. The molecule has 0 aliphatic carbocycles. The maximum atomic E-state index is 13.8. The zero-order chi connectivity index (χ0) is 13.4. The van der Waals surface area contributed by atoms with Crippen LogP contribution in [0.1, 0.15) is 20.8 Å². The van der Waals surface area contributed by atoms with Crippen molar-refractivity contribution < 1.29 is 13.6 Å². The maximum Gasteiger partial charge on any atom is 0.208 e. The van der Waals surface area contributed by atoms with Gasteiger partial charge >= 0.3 is 0 Å². The fourth-order valence-corrected chi connectivity index (χ4v) is 3.09. The molecular formula is C12H6BrClF2OS. The summed E-state index contributed by atoms with van der Waals surface area (Å²) in [6, 6.07) is 3.76. The lowest BCUT2D eigenvalue weighted by Gasteiger charge is -2.04. The summed E-state index contributed by atoms with van der Waals surface area (Å²) in [4.78, 5) is 12.2. The Hall–Kier alpha value is -0.780. The Morgan fingerprint density at radius 1 is 1.39 bits per heavy atom. The van der Waals surface area contributed by atoms with Crippen LogP contribution >= 0.6 is 38.9 Å². The van der Waals surface area contributed by atoms with Crippen molar-refractivity contribution in [2.24, 2.45) is 0 Å². The van der Waals surface area contributed by atoms with Crippen LogP contribution in [0.5, 0.6) is 0 Å². The third-order valence-electron chi connectivity index (χ3n) is 2.38. The molecule has 0 saturated heterocycles. The van der Waals surface area contributed by atoms with E-state index < -0.39 is 23.0 Å². The smallest absolute Gasteiger partial charge is 0.208 e. The molecule has 6 heteroatoms. The van der Waals surface area contributed by atoms with Crippen LogP contribution in [-0.4, -0.2) is 5.78 Å². The van der Waals surface area contributed by atoms with Gasteiger partial charge in [0.25, 0.3) is 0 Å². The van der Waals surface area contributed by atoms with Crippen molar-refractivity contribution in [2.75, 3.05) is 0 Å². The predicted octanol–water partition coefficient (Wildman–Crippen LogP) is 4.98. The molecule has 1 aromatic carbocycles. The highest BCUT2D eigenvalue weighted by Gasteiger charge is 2.22. The minimum atomic E-state index is -0.872. The molecule has 0 fully saturated rings. The van der Waals surface area contributed by atoms with Gasteiger partial charge in [-0.25, -0.2) is 8.78 Å². The monoisotopic (exact) mass is 350 g/mol. The number of thiophene rings is 1. The summed E-state index contributed by atoms with van der Waals surface area (Å²) in [6.45, 7) is 1.48. The molecule has 2 rings (SSSR count). The van der Waals surface area contributed by atoms with Crippen LogP contribution in [0.4, 0.5) is 8.78 Å². The van der Waals surface area contributed by atoms with E-state index in [1.165, 1.54) is 19.1 Å². The Morgan fingerprint density at radius 3 is 2.61 bits per heavy atom. The first-order valence-corrected chi connectivity index (χ1v) is 6.84. The molecule has 0 radical (unpaired) electrons. The first-order chi connectivity index (χ1) is 8.41. The SMILES string of the molecule is Cc1ccc(F)c(C(=O)c2cc(Cl)c(Br)s2)c1F. The summed E-state index contributed by atoms with van der Waals surface area (Å²) < 4.78 is 27.9. The van der Waals surface area contributed by atoms with Crippen molar-refractivity contribution in [3.05, 3.63) is 54.6 Å². The van der Waals surface area contributed by atoms with Crippen molar-refractivity contribution in [2.45, 2.75) is 6.92 Å². The Labute approximate surface area is 120 Å². The second-order valence-corrected chi connectivity index (χ2v) is 6.39. The van der Waals surface area contributed by atoms with Gasteiger partial charge in [-0.15, -0.1) is 11.3 Å². The highest BCUT2D eigenvalue weighted by molar-refractivity contribution is 9.11. The summed E-state index contributed by atoms with van der Waals surface area (Å²) in [5, 5.41) is 0.344. The van der Waals surface area contributed by atoms with Crippen molar-refractivity contribution in [3.63, 3.8) is 0 Å². The molecule has 0 amide bonds. The van der Waals surface area contributed by atoms with Gasteiger partial charge in [0, 0.05) is 0 Å². The third kappa shape index (κ3) is 2.35. The summed E-state index contributed by atoms with van der Waals surface area (Å²) in [5.74, 6) is -2.41. The molecule has 0 atom stereocenters. The van der Waals surface area contributed by atoms with E-state index in [2.05, 4.69) is 15.9 Å². The quantitative estimate of drug-likeness (QED) is 0.697. The lowest BCUT2D eigenvalue weighted by atomic mass is 10.0. The molecule has 2 aromatic rings. The summed E-state index contributed by atoms with van der Waals surface area (Å²) in [6.07, 6.45) is 0. The first-order valence-electron chi connectivity index (χ1n) is 4.86. The summed E-state index contributed by atoms with van der Waals surface area (Å²) in [5.41, 5.74) is -0.318. The van der Waals surface area contributed by atoms with E-state index in [9.17, 15) is 13.6 Å². The van der Waals surface area contributed by atoms with Crippen molar-refractivity contribution >= 4 is 44.7 Å². The molecule has 18 heavy (non-hydrogen) atoms. The zero-order valence-corrected chi connectivity index (χ0v) is 12.2. The zero-order valence-electron chi connectivity index (χ0n) is 9.06. The molecule has 0 N–H and O–H groups in total. The third-order valence-corrected chi connectivity index (χ3v) is 4.85. The van der Waals surface area contributed by atoms with Gasteiger partial charge in [0.15, 0.2) is 0 Å². The highest BCUT2D eigenvalue weighted by atomic mass is 79.9. The van der Waals surface area contributed by atoms with Gasteiger partial charge in [0.1, 0.15) is 11.6 Å². The topological polar surface area (TPSA) is 17.1 Å². The molecule has 1 aromatic heterocycles. The molecular weight excluding hydrogens is 346 g/mol. The van der Waals surface area contributed by atoms with Gasteiger partial charge in [0.05, 0.1) is 19.2 Å². The molecule has 0 saturated carbocycles. The Kier molecular flexibility index (Phi) is 3.84. The van der Waals surface area contributed by atoms with Crippen LogP contribution in [0.3, 0.4) is 0 Å². The highest BCUT2D eigenvalue weighted by Crippen LogP contribution is 2.34. The largest absolute Gasteiger partial charge is 0.287 e. The average Bonchev–Trinajstić information content (AvgIpc) is 2.65. The number of carbonyl (C=O) groups excluding carboxylic acids is 1. The fraction of sp³-hybridized carbons (Fsp3) is 0.0833. The second kappa shape index (κ2) is 5.07. The number of halogens is 4. The van der Waals surface area contributed by atoms with Gasteiger partial charge in [-0.1, -0.05) is 17.7 Å². The number of hydrogen-bond acceptors (Lipinski definition) is 2. The van der Waals surface area contributed by atoms with E-state index >= 15 is 0 Å². The van der Waals surface area contributed by atoms with Crippen LogP contribution in [-0.2, 0) is 0 Å². The van der Waals surface area contributed by atoms with E-state index in [4.69, 9.17) is 11.6 Å². The number of benzene rings is 1. The lowest BCUT2D eigenvalue weighted by molar-refractivity contribution is 0.103. The van der Waals surface area contributed by atoms with Crippen LogP contribution in [0, 0.1) is 18.6 Å². The van der Waals surface area contributed by atoms with Crippen molar-refractivity contribution in [3.8, 4) is 0 Å². The van der Waals surface area contributed by atoms with E-state index in [1.54, 1.807) is 0 Å². The van der Waals surface area contributed by atoms with Gasteiger partial charge < -0.3 is 0 Å². The Balaban J connectivity index is 2.56. The first kappa shape index (κ1) is 13.6. The van der Waals surface area contributed by atoms with Gasteiger partial charge in [0.2, 0.25) is 5.78 Å². The number of rotatable bonds is 2. The second-order valence-electron chi connectivity index (χ2n) is 3.61. The predicted molar refractivity (Wildman–Crippen MR) is 71.6 cm³/mol. The Bertz CT molecular complexity index is 620. The van der Waals surface area contributed by atoms with Crippen molar-refractivity contribution in [1.82, 2.24) is 0 Å². The van der Waals surface area contributed by atoms with Gasteiger partial charge in [-0.3, -0.25) is 4.79 Å². The molecule has 1 nitrogen and oxygen atoms in total. The Morgan fingerprint density at radius 2 is 2.06 bits per heavy atom. The van der Waals surface area contributed by atoms with Crippen LogP contribution in [0.15, 0.2) is 22.0 Å². The van der Waals surface area contributed by atoms with E-state index in [1.807, 2.05) is 0 Å². The standard InChI is InChI=1S/C12H6BrClF2OS/c1-5-2-3-7(15)9(10(5)16)11(17)8-4-6(14)12(13)18-8/h2-4H,1H3. The minimum absolute atomic E-state index is 0.190. The summed E-state index contributed by atoms with van der Waals surface area (Å²) >= 11 is 9.99. The molecule has 94 valence electrons. The number of aryl methyl sites for hydroxylation is 1. The average molecular weight is 352 g/mol. The maximum absolute atomic E-state index is 13.8. The number of carbonyl (C=O) groups is 1. The fourth-order valence-electron chi connectivity index (χ4n) is 1.45. The van der Waals surface area contributed by atoms with Crippen molar-refractivity contribution in [1.29, 1.82) is 0 Å². The number of ketones is 1. The molecule has 1 heterocycles. The number of hydrogen-bond donors (Lipinski definition) is 0. The molecule has 0 aliphatic rings. The van der Waals surface area contributed by atoms with Crippen LogP contribution in [0.2, 0.25) is 5.02 Å². The van der Waals surface area contributed by atoms with Crippen LogP contribution < -0.4 is 0 Å². The van der Waals surface area contributed by atoms with Crippen LogP contribution in [0.25, 0.3) is 0 Å².